The van der Waals surface area contributed by atoms with Gasteiger partial charge in [0.25, 0.3) is 0 Å². The second kappa shape index (κ2) is 9.56. The minimum atomic E-state index is -0.0299. The summed E-state index contributed by atoms with van der Waals surface area (Å²) in [7, 11) is 6.31. The molecule has 1 amide bonds. The lowest BCUT2D eigenvalue weighted by atomic mass is 10.1. The van der Waals surface area contributed by atoms with E-state index in [4.69, 9.17) is 18.9 Å². The molecular formula is C20H25NO5. The highest BCUT2D eigenvalue weighted by molar-refractivity contribution is 5.76. The Bertz CT molecular complexity index is 728. The molecule has 0 unspecified atom stereocenters. The number of rotatable bonds is 9. The average Bonchev–Trinajstić information content (AvgIpc) is 2.69. The standard InChI is InChI=1S/C20H25NO5/c1-23-16-9-5-14(6-10-16)7-12-18(22)21-13-15-8-11-17(24-2)20(26-4)19(15)25-3/h5-6,8-11H,7,12-13H2,1-4H3,(H,21,22). The molecule has 0 saturated heterocycles. The molecule has 0 atom stereocenters. The fourth-order valence-electron chi connectivity index (χ4n) is 2.63. The van der Waals surface area contributed by atoms with Crippen molar-refractivity contribution in [2.24, 2.45) is 0 Å². The number of hydrogen-bond donors (Lipinski definition) is 1. The normalized spacial score (nSPS) is 10.2. The van der Waals surface area contributed by atoms with Crippen LogP contribution in [-0.2, 0) is 17.8 Å². The molecular weight excluding hydrogens is 334 g/mol. The van der Waals surface area contributed by atoms with Crippen LogP contribution < -0.4 is 24.3 Å². The maximum atomic E-state index is 12.2. The van der Waals surface area contributed by atoms with Gasteiger partial charge in [0.1, 0.15) is 5.75 Å². The Morgan fingerprint density at radius 1 is 0.846 bits per heavy atom. The van der Waals surface area contributed by atoms with Crippen molar-refractivity contribution in [3.05, 3.63) is 47.5 Å². The molecule has 0 spiro atoms. The Labute approximate surface area is 154 Å². The third-order valence-corrected chi connectivity index (χ3v) is 4.06. The van der Waals surface area contributed by atoms with Gasteiger partial charge in [0, 0.05) is 18.5 Å². The number of benzene rings is 2. The fraction of sp³-hybridized carbons (Fsp3) is 0.350. The van der Waals surface area contributed by atoms with Crippen LogP contribution in [0.25, 0.3) is 0 Å². The number of amides is 1. The van der Waals surface area contributed by atoms with E-state index in [1.807, 2.05) is 30.3 Å². The van der Waals surface area contributed by atoms with Crippen molar-refractivity contribution in [3.8, 4) is 23.0 Å². The molecule has 2 aromatic carbocycles. The van der Waals surface area contributed by atoms with Gasteiger partial charge in [-0.3, -0.25) is 4.79 Å². The van der Waals surface area contributed by atoms with Gasteiger partial charge in [-0.1, -0.05) is 12.1 Å². The molecule has 0 aliphatic carbocycles. The summed E-state index contributed by atoms with van der Waals surface area (Å²) in [5.41, 5.74) is 1.91. The Morgan fingerprint density at radius 3 is 2.12 bits per heavy atom. The number of aryl methyl sites for hydroxylation is 1. The van der Waals surface area contributed by atoms with E-state index in [-0.39, 0.29) is 5.91 Å². The zero-order chi connectivity index (χ0) is 18.9. The van der Waals surface area contributed by atoms with Gasteiger partial charge in [-0.25, -0.2) is 0 Å². The van der Waals surface area contributed by atoms with Crippen LogP contribution in [0.4, 0.5) is 0 Å². The Morgan fingerprint density at radius 2 is 1.54 bits per heavy atom. The predicted octanol–water partition coefficient (Wildman–Crippen LogP) is 2.97. The van der Waals surface area contributed by atoms with Crippen molar-refractivity contribution >= 4 is 5.91 Å². The summed E-state index contributed by atoms with van der Waals surface area (Å²) in [4.78, 5) is 12.2. The molecule has 0 bridgehead atoms. The maximum absolute atomic E-state index is 12.2. The van der Waals surface area contributed by atoms with Gasteiger partial charge < -0.3 is 24.3 Å². The minimum absolute atomic E-state index is 0.0299. The average molecular weight is 359 g/mol. The molecule has 1 N–H and O–H groups in total. The number of ether oxygens (including phenoxy) is 4. The first kappa shape index (κ1) is 19.4. The summed E-state index contributed by atoms with van der Waals surface area (Å²) in [6.07, 6.45) is 1.07. The first-order valence-electron chi connectivity index (χ1n) is 8.30. The van der Waals surface area contributed by atoms with Gasteiger partial charge in [-0.2, -0.15) is 0 Å². The number of hydrogen-bond acceptors (Lipinski definition) is 5. The van der Waals surface area contributed by atoms with Crippen LogP contribution in [0.1, 0.15) is 17.5 Å². The molecule has 2 aromatic rings. The smallest absolute Gasteiger partial charge is 0.220 e. The number of methoxy groups -OCH3 is 4. The van der Waals surface area contributed by atoms with Gasteiger partial charge in [0.15, 0.2) is 11.5 Å². The second-order valence-electron chi connectivity index (χ2n) is 5.62. The summed E-state index contributed by atoms with van der Waals surface area (Å²) in [5.74, 6) is 2.43. The van der Waals surface area contributed by atoms with Crippen LogP contribution in [0.5, 0.6) is 23.0 Å². The molecule has 6 nitrogen and oxygen atoms in total. The van der Waals surface area contributed by atoms with Crippen molar-refractivity contribution in [1.82, 2.24) is 5.32 Å². The Hall–Kier alpha value is -2.89. The second-order valence-corrected chi connectivity index (χ2v) is 5.62. The van der Waals surface area contributed by atoms with Crippen LogP contribution in [-0.4, -0.2) is 34.3 Å². The third kappa shape index (κ3) is 4.81. The quantitative estimate of drug-likeness (QED) is 0.746. The lowest BCUT2D eigenvalue weighted by molar-refractivity contribution is -0.121. The molecule has 6 heteroatoms. The van der Waals surface area contributed by atoms with E-state index in [1.165, 1.54) is 0 Å². The summed E-state index contributed by atoms with van der Waals surface area (Å²) in [5, 5.41) is 2.92. The molecule has 0 fully saturated rings. The van der Waals surface area contributed by atoms with Crippen LogP contribution >= 0.6 is 0 Å². The van der Waals surface area contributed by atoms with E-state index >= 15 is 0 Å². The van der Waals surface area contributed by atoms with Gasteiger partial charge >= 0.3 is 0 Å². The van der Waals surface area contributed by atoms with Crippen LogP contribution in [0.2, 0.25) is 0 Å². The molecule has 0 aliphatic rings. The molecule has 0 aliphatic heterocycles. The van der Waals surface area contributed by atoms with E-state index in [9.17, 15) is 4.79 Å². The van der Waals surface area contributed by atoms with Gasteiger partial charge in [-0.15, -0.1) is 0 Å². The summed E-state index contributed by atoms with van der Waals surface area (Å²) < 4.78 is 21.2. The van der Waals surface area contributed by atoms with Gasteiger partial charge in [0.05, 0.1) is 28.4 Å². The fourth-order valence-corrected chi connectivity index (χ4v) is 2.63. The van der Waals surface area contributed by atoms with Crippen molar-refractivity contribution in [1.29, 1.82) is 0 Å². The molecule has 0 radical (unpaired) electrons. The number of nitrogens with one attached hydrogen (secondary N) is 1. The molecule has 2 rings (SSSR count). The lowest BCUT2D eigenvalue weighted by Crippen LogP contribution is -2.23. The van der Waals surface area contributed by atoms with Crippen LogP contribution in [0.15, 0.2) is 36.4 Å². The zero-order valence-corrected chi connectivity index (χ0v) is 15.6. The highest BCUT2D eigenvalue weighted by Gasteiger charge is 2.16. The lowest BCUT2D eigenvalue weighted by Gasteiger charge is -2.16. The van der Waals surface area contributed by atoms with Crippen molar-refractivity contribution < 1.29 is 23.7 Å². The molecule has 26 heavy (non-hydrogen) atoms. The topological polar surface area (TPSA) is 66.0 Å². The summed E-state index contributed by atoms with van der Waals surface area (Å²) in [6.45, 7) is 0.352. The van der Waals surface area contributed by atoms with Crippen LogP contribution in [0.3, 0.4) is 0 Å². The summed E-state index contributed by atoms with van der Waals surface area (Å²) in [6, 6.07) is 11.3. The SMILES string of the molecule is COc1ccc(CCC(=O)NCc2ccc(OC)c(OC)c2OC)cc1. The molecule has 0 heterocycles. The van der Waals surface area contributed by atoms with Crippen molar-refractivity contribution in [3.63, 3.8) is 0 Å². The van der Waals surface area contributed by atoms with Crippen LogP contribution in [0, 0.1) is 0 Å². The highest BCUT2D eigenvalue weighted by atomic mass is 16.5. The largest absolute Gasteiger partial charge is 0.497 e. The zero-order valence-electron chi connectivity index (χ0n) is 15.6. The van der Waals surface area contributed by atoms with Crippen molar-refractivity contribution in [2.45, 2.75) is 19.4 Å². The Kier molecular flexibility index (Phi) is 7.14. The van der Waals surface area contributed by atoms with Crippen molar-refractivity contribution in [2.75, 3.05) is 28.4 Å². The first-order chi connectivity index (χ1) is 12.6. The molecule has 0 saturated carbocycles. The van der Waals surface area contributed by atoms with Gasteiger partial charge in [0.2, 0.25) is 11.7 Å². The third-order valence-electron chi connectivity index (χ3n) is 4.06. The van der Waals surface area contributed by atoms with E-state index in [0.717, 1.165) is 16.9 Å². The minimum Gasteiger partial charge on any atom is -0.497 e. The highest BCUT2D eigenvalue weighted by Crippen LogP contribution is 2.39. The predicted molar refractivity (Wildman–Crippen MR) is 99.3 cm³/mol. The van der Waals surface area contributed by atoms with E-state index < -0.39 is 0 Å². The number of carbonyl (C=O) groups is 1. The summed E-state index contributed by atoms with van der Waals surface area (Å²) >= 11 is 0. The van der Waals surface area contributed by atoms with Gasteiger partial charge in [-0.05, 0) is 36.2 Å². The van der Waals surface area contributed by atoms with E-state index in [1.54, 1.807) is 34.5 Å². The molecule has 140 valence electrons. The van der Waals surface area contributed by atoms with E-state index in [0.29, 0.717) is 36.6 Å². The Balaban J connectivity index is 1.94. The van der Waals surface area contributed by atoms with E-state index in [2.05, 4.69) is 5.32 Å². The maximum Gasteiger partial charge on any atom is 0.220 e. The first-order valence-corrected chi connectivity index (χ1v) is 8.30. The monoisotopic (exact) mass is 359 g/mol. The number of carbonyl (C=O) groups excluding carboxylic acids is 1. The molecule has 0 aromatic heterocycles.